The Labute approximate surface area is 78.6 Å². The molecule has 76 valence electrons. The summed E-state index contributed by atoms with van der Waals surface area (Å²) in [5.41, 5.74) is 0. The molecule has 1 atom stereocenters. The monoisotopic (exact) mass is 187 g/mol. The third-order valence-electron chi connectivity index (χ3n) is 1.52. The van der Waals surface area contributed by atoms with Crippen molar-refractivity contribution in [3.05, 3.63) is 0 Å². The van der Waals surface area contributed by atoms with Crippen molar-refractivity contribution in [2.24, 2.45) is 0 Å². The van der Waals surface area contributed by atoms with Crippen LogP contribution >= 0.6 is 0 Å². The molecule has 0 aliphatic rings. The summed E-state index contributed by atoms with van der Waals surface area (Å²) >= 11 is 0. The molecule has 0 aliphatic heterocycles. The maximum atomic E-state index is 11.1. The largest absolute Gasteiger partial charge is 0.464 e. The minimum Gasteiger partial charge on any atom is -0.464 e. The Balaban J connectivity index is 3.63. The SMILES string of the molecule is CCCCOC(=O)[C@H](C)NC(C)=O. The van der Waals surface area contributed by atoms with Crippen molar-refractivity contribution in [3.63, 3.8) is 0 Å². The van der Waals surface area contributed by atoms with E-state index in [0.717, 1.165) is 12.8 Å². The Bertz CT molecular complexity index is 180. The predicted octanol–water partition coefficient (Wildman–Crippen LogP) is 0.854. The van der Waals surface area contributed by atoms with Crippen LogP contribution in [0.4, 0.5) is 0 Å². The molecule has 0 unspecified atom stereocenters. The first-order valence-electron chi connectivity index (χ1n) is 4.51. The topological polar surface area (TPSA) is 55.4 Å². The number of esters is 1. The molecule has 0 spiro atoms. The van der Waals surface area contributed by atoms with Gasteiger partial charge in [-0.1, -0.05) is 13.3 Å². The van der Waals surface area contributed by atoms with Crippen molar-refractivity contribution in [2.75, 3.05) is 6.61 Å². The van der Waals surface area contributed by atoms with Gasteiger partial charge in [-0.15, -0.1) is 0 Å². The van der Waals surface area contributed by atoms with Gasteiger partial charge in [-0.25, -0.2) is 4.79 Å². The number of hydrogen-bond acceptors (Lipinski definition) is 3. The van der Waals surface area contributed by atoms with Gasteiger partial charge in [0.15, 0.2) is 0 Å². The second-order valence-corrected chi connectivity index (χ2v) is 2.94. The lowest BCUT2D eigenvalue weighted by Crippen LogP contribution is -2.38. The standard InChI is InChI=1S/C9H17NO3/c1-4-5-6-13-9(12)7(2)10-8(3)11/h7H,4-6H2,1-3H3,(H,10,11)/t7-/m0/s1. The lowest BCUT2D eigenvalue weighted by molar-refractivity contribution is -0.147. The minimum absolute atomic E-state index is 0.222. The van der Waals surface area contributed by atoms with Gasteiger partial charge in [-0.2, -0.15) is 0 Å². The zero-order valence-corrected chi connectivity index (χ0v) is 8.42. The maximum Gasteiger partial charge on any atom is 0.328 e. The molecule has 0 aliphatic carbocycles. The highest BCUT2D eigenvalue weighted by atomic mass is 16.5. The molecule has 0 radical (unpaired) electrons. The summed E-state index contributed by atoms with van der Waals surface area (Å²) in [6, 6.07) is -0.547. The third-order valence-corrected chi connectivity index (χ3v) is 1.52. The average Bonchev–Trinajstić information content (AvgIpc) is 2.03. The fraction of sp³-hybridized carbons (Fsp3) is 0.778. The van der Waals surface area contributed by atoms with Crippen LogP contribution in [0.2, 0.25) is 0 Å². The van der Waals surface area contributed by atoms with E-state index in [1.165, 1.54) is 6.92 Å². The fourth-order valence-electron chi connectivity index (χ4n) is 0.806. The molecule has 13 heavy (non-hydrogen) atoms. The number of rotatable bonds is 5. The van der Waals surface area contributed by atoms with Gasteiger partial charge in [0.1, 0.15) is 6.04 Å². The lowest BCUT2D eigenvalue weighted by Gasteiger charge is -2.11. The first-order valence-corrected chi connectivity index (χ1v) is 4.51. The van der Waals surface area contributed by atoms with E-state index in [1.807, 2.05) is 6.92 Å². The highest BCUT2D eigenvalue weighted by Gasteiger charge is 2.14. The van der Waals surface area contributed by atoms with Crippen molar-refractivity contribution < 1.29 is 14.3 Å². The summed E-state index contributed by atoms with van der Waals surface area (Å²) in [7, 11) is 0. The van der Waals surface area contributed by atoms with E-state index in [9.17, 15) is 9.59 Å². The van der Waals surface area contributed by atoms with Gasteiger partial charge in [0.05, 0.1) is 6.61 Å². The molecule has 1 N–H and O–H groups in total. The zero-order chi connectivity index (χ0) is 10.3. The molecule has 4 heteroatoms. The summed E-state index contributed by atoms with van der Waals surface area (Å²) < 4.78 is 4.89. The molecule has 0 aromatic heterocycles. The van der Waals surface area contributed by atoms with Crippen LogP contribution in [0.5, 0.6) is 0 Å². The van der Waals surface area contributed by atoms with Crippen molar-refractivity contribution in [2.45, 2.75) is 39.7 Å². The second-order valence-electron chi connectivity index (χ2n) is 2.94. The van der Waals surface area contributed by atoms with Gasteiger partial charge in [0, 0.05) is 6.92 Å². The number of carbonyl (C=O) groups is 2. The van der Waals surface area contributed by atoms with E-state index in [0.29, 0.717) is 6.61 Å². The van der Waals surface area contributed by atoms with E-state index >= 15 is 0 Å². The van der Waals surface area contributed by atoms with E-state index < -0.39 is 6.04 Å². The number of unbranched alkanes of at least 4 members (excludes halogenated alkanes) is 1. The third kappa shape index (κ3) is 6.13. The van der Waals surface area contributed by atoms with E-state index in [1.54, 1.807) is 6.92 Å². The summed E-state index contributed by atoms with van der Waals surface area (Å²) in [5, 5.41) is 2.46. The van der Waals surface area contributed by atoms with Crippen molar-refractivity contribution >= 4 is 11.9 Å². The number of carbonyl (C=O) groups excluding carboxylic acids is 2. The molecular weight excluding hydrogens is 170 g/mol. The quantitative estimate of drug-likeness (QED) is 0.513. The van der Waals surface area contributed by atoms with E-state index in [2.05, 4.69) is 5.32 Å². The van der Waals surface area contributed by atoms with Gasteiger partial charge in [0.2, 0.25) is 5.91 Å². The van der Waals surface area contributed by atoms with Crippen LogP contribution in [-0.4, -0.2) is 24.5 Å². The van der Waals surface area contributed by atoms with Crippen LogP contribution in [0.15, 0.2) is 0 Å². The zero-order valence-electron chi connectivity index (χ0n) is 8.42. The Hall–Kier alpha value is -1.06. The molecule has 0 saturated heterocycles. The van der Waals surface area contributed by atoms with E-state index in [-0.39, 0.29) is 11.9 Å². The molecule has 4 nitrogen and oxygen atoms in total. The molecule has 0 aromatic carbocycles. The molecule has 0 fully saturated rings. The van der Waals surface area contributed by atoms with Gasteiger partial charge < -0.3 is 10.1 Å². The number of hydrogen-bond donors (Lipinski definition) is 1. The average molecular weight is 187 g/mol. The van der Waals surface area contributed by atoms with Crippen molar-refractivity contribution in [3.8, 4) is 0 Å². The molecular formula is C9H17NO3. The molecule has 0 saturated carbocycles. The maximum absolute atomic E-state index is 11.1. The van der Waals surface area contributed by atoms with Crippen LogP contribution in [0.3, 0.4) is 0 Å². The van der Waals surface area contributed by atoms with Crippen LogP contribution < -0.4 is 5.32 Å². The highest BCUT2D eigenvalue weighted by molar-refractivity contribution is 5.82. The summed E-state index contributed by atoms with van der Waals surface area (Å²) in [6.07, 6.45) is 1.85. The van der Waals surface area contributed by atoms with Crippen molar-refractivity contribution in [1.29, 1.82) is 0 Å². The highest BCUT2D eigenvalue weighted by Crippen LogP contribution is 1.92. The Morgan fingerprint density at radius 3 is 2.54 bits per heavy atom. The Kier molecular flexibility index (Phi) is 5.93. The number of nitrogens with one attached hydrogen (secondary N) is 1. The van der Waals surface area contributed by atoms with Gasteiger partial charge in [-0.05, 0) is 13.3 Å². The molecule has 0 aromatic rings. The van der Waals surface area contributed by atoms with Crippen LogP contribution in [0.1, 0.15) is 33.6 Å². The molecule has 0 bridgehead atoms. The molecule has 0 heterocycles. The number of ether oxygens (including phenoxy) is 1. The fourth-order valence-corrected chi connectivity index (χ4v) is 0.806. The first kappa shape index (κ1) is 11.9. The van der Waals surface area contributed by atoms with E-state index in [4.69, 9.17) is 4.74 Å². The van der Waals surface area contributed by atoms with Gasteiger partial charge in [-0.3, -0.25) is 4.79 Å². The molecule has 1 amide bonds. The summed E-state index contributed by atoms with van der Waals surface area (Å²) in [4.78, 5) is 21.7. The second kappa shape index (κ2) is 6.46. The van der Waals surface area contributed by atoms with Crippen LogP contribution in [0, 0.1) is 0 Å². The van der Waals surface area contributed by atoms with Gasteiger partial charge in [0.25, 0.3) is 0 Å². The van der Waals surface area contributed by atoms with Crippen LogP contribution in [-0.2, 0) is 14.3 Å². The number of amides is 1. The summed E-state index contributed by atoms with van der Waals surface area (Å²) in [5.74, 6) is -0.594. The van der Waals surface area contributed by atoms with Crippen molar-refractivity contribution in [1.82, 2.24) is 5.32 Å². The predicted molar refractivity (Wildman–Crippen MR) is 49.1 cm³/mol. The first-order chi connectivity index (χ1) is 6.07. The smallest absolute Gasteiger partial charge is 0.328 e. The summed E-state index contributed by atoms with van der Waals surface area (Å²) in [6.45, 7) is 5.43. The van der Waals surface area contributed by atoms with Crippen LogP contribution in [0.25, 0.3) is 0 Å². The lowest BCUT2D eigenvalue weighted by atomic mass is 10.3. The minimum atomic E-state index is -0.547. The Morgan fingerprint density at radius 2 is 2.08 bits per heavy atom. The Morgan fingerprint density at radius 1 is 1.46 bits per heavy atom. The van der Waals surface area contributed by atoms with Gasteiger partial charge >= 0.3 is 5.97 Å². The molecule has 0 rings (SSSR count). The normalized spacial score (nSPS) is 11.9.